The van der Waals surface area contributed by atoms with E-state index >= 15 is 0 Å². The number of rotatable bonds is 2. The Kier molecular flexibility index (Phi) is 5.59. The SMILES string of the molecule is CC1(C)CC(=O)C2=C(C1)N(c1sc3c(c1C#N)CCCCCC3)C(=O)C[C@@H]2c1cccs1. The third-order valence-electron chi connectivity index (χ3n) is 7.00. The van der Waals surface area contributed by atoms with Gasteiger partial charge in [0.15, 0.2) is 5.78 Å². The van der Waals surface area contributed by atoms with Gasteiger partial charge >= 0.3 is 0 Å². The van der Waals surface area contributed by atoms with Crippen LogP contribution in [-0.2, 0) is 22.4 Å². The van der Waals surface area contributed by atoms with Crippen LogP contribution in [0.2, 0.25) is 0 Å². The van der Waals surface area contributed by atoms with E-state index in [1.807, 2.05) is 17.5 Å². The third kappa shape index (κ3) is 3.66. The molecule has 0 radical (unpaired) electrons. The van der Waals surface area contributed by atoms with E-state index in [1.54, 1.807) is 27.6 Å². The molecule has 4 nitrogen and oxygen atoms in total. The number of aryl methyl sites for hydroxylation is 1. The summed E-state index contributed by atoms with van der Waals surface area (Å²) in [6.07, 6.45) is 7.99. The summed E-state index contributed by atoms with van der Waals surface area (Å²) in [5, 5.41) is 12.9. The Morgan fingerprint density at radius 3 is 2.62 bits per heavy atom. The number of carbonyl (C=O) groups excluding carboxylic acids is 2. The van der Waals surface area contributed by atoms with Gasteiger partial charge in [-0.3, -0.25) is 14.5 Å². The highest BCUT2D eigenvalue weighted by Gasteiger charge is 2.45. The van der Waals surface area contributed by atoms with Crippen LogP contribution in [0.3, 0.4) is 0 Å². The van der Waals surface area contributed by atoms with Crippen molar-refractivity contribution >= 4 is 39.4 Å². The number of allylic oxidation sites excluding steroid dienone is 2. The molecular weight excluding hydrogens is 436 g/mol. The Labute approximate surface area is 197 Å². The van der Waals surface area contributed by atoms with E-state index in [0.29, 0.717) is 24.8 Å². The van der Waals surface area contributed by atoms with Gasteiger partial charge in [0.2, 0.25) is 5.91 Å². The van der Waals surface area contributed by atoms with Gasteiger partial charge < -0.3 is 0 Å². The summed E-state index contributed by atoms with van der Waals surface area (Å²) in [5.41, 5.74) is 3.24. The van der Waals surface area contributed by atoms with Crippen molar-refractivity contribution in [2.75, 3.05) is 4.90 Å². The van der Waals surface area contributed by atoms with Crippen LogP contribution < -0.4 is 4.90 Å². The topological polar surface area (TPSA) is 61.2 Å². The first-order chi connectivity index (χ1) is 15.4. The number of amides is 1. The molecule has 0 bridgehead atoms. The second-order valence-electron chi connectivity index (χ2n) is 10.0. The number of nitrogens with zero attached hydrogens (tertiary/aromatic N) is 2. The van der Waals surface area contributed by atoms with Crippen LogP contribution in [-0.4, -0.2) is 11.7 Å². The predicted octanol–water partition coefficient (Wildman–Crippen LogP) is 6.50. The Morgan fingerprint density at radius 2 is 1.91 bits per heavy atom. The molecule has 5 rings (SSSR count). The zero-order chi connectivity index (χ0) is 22.5. The molecular formula is C26H28N2O2S2. The van der Waals surface area contributed by atoms with Gasteiger partial charge in [-0.1, -0.05) is 32.8 Å². The average Bonchev–Trinajstić information content (AvgIpc) is 3.34. The summed E-state index contributed by atoms with van der Waals surface area (Å²) in [7, 11) is 0. The Bertz CT molecular complexity index is 1150. The first kappa shape index (κ1) is 21.6. The van der Waals surface area contributed by atoms with Crippen molar-refractivity contribution in [3.8, 4) is 6.07 Å². The highest BCUT2D eigenvalue weighted by Crippen LogP contribution is 2.51. The van der Waals surface area contributed by atoms with Gasteiger partial charge in [-0.25, -0.2) is 0 Å². The number of Topliss-reactive ketones (excluding diaryl/α,β-unsaturated/α-hetero) is 1. The van der Waals surface area contributed by atoms with Crippen molar-refractivity contribution in [3.63, 3.8) is 0 Å². The monoisotopic (exact) mass is 464 g/mol. The number of carbonyl (C=O) groups is 2. The van der Waals surface area contributed by atoms with E-state index in [-0.39, 0.29) is 23.0 Å². The second-order valence-corrected chi connectivity index (χ2v) is 12.1. The van der Waals surface area contributed by atoms with Gasteiger partial charge in [-0.2, -0.15) is 5.26 Å². The normalized spacial score (nSPS) is 23.3. The lowest BCUT2D eigenvalue weighted by Gasteiger charge is -2.42. The molecule has 32 heavy (non-hydrogen) atoms. The average molecular weight is 465 g/mol. The molecule has 6 heteroatoms. The molecule has 0 spiro atoms. The first-order valence-electron chi connectivity index (χ1n) is 11.6. The molecule has 0 aromatic carbocycles. The van der Waals surface area contributed by atoms with Crippen molar-refractivity contribution in [2.24, 2.45) is 5.41 Å². The van der Waals surface area contributed by atoms with Crippen LogP contribution in [0.4, 0.5) is 5.00 Å². The van der Waals surface area contributed by atoms with E-state index in [9.17, 15) is 14.9 Å². The molecule has 0 fully saturated rings. The number of thiophene rings is 2. The Hall–Kier alpha value is -2.23. The quantitative estimate of drug-likeness (QED) is 0.509. The molecule has 1 aliphatic heterocycles. The van der Waals surface area contributed by atoms with Crippen molar-refractivity contribution in [3.05, 3.63) is 49.7 Å². The van der Waals surface area contributed by atoms with Gasteiger partial charge in [-0.15, -0.1) is 22.7 Å². The molecule has 0 N–H and O–H groups in total. The standard InChI is InChI=1S/C26H28N2O2S2/c1-26(2)13-19-24(20(29)14-26)17(21-10-7-11-31-21)12-23(30)28(19)25-18(15-27)16-8-5-3-4-6-9-22(16)32-25/h7,10-11,17H,3-6,8-9,12-14H2,1-2H3/t17-/m1/s1. The number of hydrogen-bond donors (Lipinski definition) is 0. The number of nitriles is 1. The molecule has 3 heterocycles. The molecule has 0 unspecified atom stereocenters. The summed E-state index contributed by atoms with van der Waals surface area (Å²) in [5.74, 6) is 0.00261. The van der Waals surface area contributed by atoms with Gasteiger partial charge in [0.25, 0.3) is 0 Å². The molecule has 166 valence electrons. The summed E-state index contributed by atoms with van der Waals surface area (Å²) in [6, 6.07) is 6.47. The van der Waals surface area contributed by atoms with Gasteiger partial charge in [0.05, 0.1) is 5.56 Å². The fourth-order valence-corrected chi connectivity index (χ4v) is 7.78. The van der Waals surface area contributed by atoms with Crippen molar-refractivity contribution in [2.45, 2.75) is 77.6 Å². The van der Waals surface area contributed by atoms with Gasteiger partial charge in [0, 0.05) is 39.8 Å². The summed E-state index contributed by atoms with van der Waals surface area (Å²) >= 11 is 3.23. The van der Waals surface area contributed by atoms with E-state index in [0.717, 1.165) is 52.4 Å². The molecule has 2 aliphatic carbocycles. The summed E-state index contributed by atoms with van der Waals surface area (Å²) in [6.45, 7) is 4.20. The molecule has 1 atom stereocenters. The van der Waals surface area contributed by atoms with Crippen molar-refractivity contribution < 1.29 is 9.59 Å². The molecule has 1 amide bonds. The number of anilines is 1. The minimum Gasteiger partial charge on any atom is -0.294 e. The zero-order valence-electron chi connectivity index (χ0n) is 18.7. The van der Waals surface area contributed by atoms with Gasteiger partial charge in [-0.05, 0) is 54.5 Å². The van der Waals surface area contributed by atoms with Crippen LogP contribution in [0.25, 0.3) is 0 Å². The second kappa shape index (κ2) is 8.28. The lowest BCUT2D eigenvalue weighted by atomic mass is 9.70. The van der Waals surface area contributed by atoms with E-state index in [2.05, 4.69) is 19.9 Å². The lowest BCUT2D eigenvalue weighted by Crippen LogP contribution is -2.43. The van der Waals surface area contributed by atoms with E-state index in [4.69, 9.17) is 0 Å². The van der Waals surface area contributed by atoms with Crippen molar-refractivity contribution in [1.82, 2.24) is 0 Å². The fraction of sp³-hybridized carbons (Fsp3) is 0.500. The fourth-order valence-electron chi connectivity index (χ4n) is 5.56. The van der Waals surface area contributed by atoms with Crippen LogP contribution >= 0.6 is 22.7 Å². The molecule has 2 aromatic heterocycles. The largest absolute Gasteiger partial charge is 0.294 e. The minimum atomic E-state index is -0.204. The van der Waals surface area contributed by atoms with Crippen LogP contribution in [0.5, 0.6) is 0 Å². The van der Waals surface area contributed by atoms with Crippen LogP contribution in [0, 0.1) is 16.7 Å². The number of ketones is 1. The van der Waals surface area contributed by atoms with Gasteiger partial charge in [0.1, 0.15) is 11.1 Å². The zero-order valence-corrected chi connectivity index (χ0v) is 20.3. The highest BCUT2D eigenvalue weighted by atomic mass is 32.1. The Balaban J connectivity index is 1.69. The molecule has 0 saturated carbocycles. The maximum absolute atomic E-state index is 13.7. The predicted molar refractivity (Wildman–Crippen MR) is 129 cm³/mol. The lowest BCUT2D eigenvalue weighted by molar-refractivity contribution is -0.120. The summed E-state index contributed by atoms with van der Waals surface area (Å²) in [4.78, 5) is 31.2. The molecule has 0 saturated heterocycles. The van der Waals surface area contributed by atoms with E-state index in [1.165, 1.54) is 17.7 Å². The minimum absolute atomic E-state index is 0.0124. The first-order valence-corrected chi connectivity index (χ1v) is 13.3. The Morgan fingerprint density at radius 1 is 1.12 bits per heavy atom. The van der Waals surface area contributed by atoms with E-state index < -0.39 is 0 Å². The number of hydrogen-bond acceptors (Lipinski definition) is 5. The van der Waals surface area contributed by atoms with Crippen LogP contribution in [0.1, 0.15) is 85.6 Å². The third-order valence-corrected chi connectivity index (χ3v) is 9.26. The number of fused-ring (bicyclic) bond motifs is 1. The summed E-state index contributed by atoms with van der Waals surface area (Å²) < 4.78 is 0. The smallest absolute Gasteiger partial charge is 0.232 e. The molecule has 3 aliphatic rings. The highest BCUT2D eigenvalue weighted by molar-refractivity contribution is 7.16. The maximum atomic E-state index is 13.7. The van der Waals surface area contributed by atoms with Crippen LogP contribution in [0.15, 0.2) is 28.8 Å². The molecule has 2 aromatic rings. The van der Waals surface area contributed by atoms with Crippen molar-refractivity contribution in [1.29, 1.82) is 5.26 Å². The maximum Gasteiger partial charge on any atom is 0.232 e.